The summed E-state index contributed by atoms with van der Waals surface area (Å²) in [5.41, 5.74) is 0.692. The minimum Gasteiger partial charge on any atom is -0.371 e. The molecule has 0 spiro atoms. The maximum Gasteiger partial charge on any atom is 0.144 e. The molecular formula is C17H32O2. The Morgan fingerprint density at radius 2 is 1.63 bits per heavy atom. The first kappa shape index (κ1) is 16.7. The Morgan fingerprint density at radius 3 is 2.05 bits per heavy atom. The van der Waals surface area contributed by atoms with Gasteiger partial charge in [-0.15, -0.1) is 0 Å². The van der Waals surface area contributed by atoms with E-state index in [1.807, 2.05) is 13.8 Å². The second-order valence-corrected chi connectivity index (χ2v) is 7.02. The molecule has 0 bridgehead atoms. The smallest absolute Gasteiger partial charge is 0.144 e. The number of hydrogen-bond acceptors (Lipinski definition) is 2. The SMILES string of the molecule is C=C(C(C)C1CCC(C(C)C)CC1)C(C)(C)OCO. The van der Waals surface area contributed by atoms with Crippen molar-refractivity contribution in [2.45, 2.75) is 65.9 Å². The lowest BCUT2D eigenvalue weighted by atomic mass is 9.70. The average Bonchev–Trinajstić information content (AvgIpc) is 2.37. The Kier molecular flexibility index (Phi) is 6.07. The molecule has 19 heavy (non-hydrogen) atoms. The van der Waals surface area contributed by atoms with Crippen molar-refractivity contribution < 1.29 is 9.84 Å². The molecule has 0 heterocycles. The fourth-order valence-corrected chi connectivity index (χ4v) is 3.40. The lowest BCUT2D eigenvalue weighted by Gasteiger charge is -2.38. The van der Waals surface area contributed by atoms with Gasteiger partial charge >= 0.3 is 0 Å². The van der Waals surface area contributed by atoms with Crippen LogP contribution in [-0.2, 0) is 4.74 Å². The molecule has 0 aromatic heterocycles. The van der Waals surface area contributed by atoms with E-state index in [0.29, 0.717) is 5.92 Å². The summed E-state index contributed by atoms with van der Waals surface area (Å²) < 4.78 is 5.42. The van der Waals surface area contributed by atoms with Crippen LogP contribution in [0.15, 0.2) is 12.2 Å². The number of aliphatic hydroxyl groups is 1. The molecule has 0 saturated heterocycles. The number of ether oxygens (including phenoxy) is 1. The van der Waals surface area contributed by atoms with Crippen LogP contribution in [-0.4, -0.2) is 17.5 Å². The van der Waals surface area contributed by atoms with Gasteiger partial charge in [0.1, 0.15) is 6.79 Å². The summed E-state index contributed by atoms with van der Waals surface area (Å²) in [5.74, 6) is 2.91. The highest BCUT2D eigenvalue weighted by atomic mass is 16.6. The highest BCUT2D eigenvalue weighted by Gasteiger charge is 2.33. The third-order valence-electron chi connectivity index (χ3n) is 5.21. The summed E-state index contributed by atoms with van der Waals surface area (Å²) in [4.78, 5) is 0. The van der Waals surface area contributed by atoms with Crippen LogP contribution >= 0.6 is 0 Å². The van der Waals surface area contributed by atoms with Gasteiger partial charge in [-0.2, -0.15) is 0 Å². The second kappa shape index (κ2) is 6.90. The normalized spacial score (nSPS) is 26.5. The van der Waals surface area contributed by atoms with Gasteiger partial charge in [-0.05, 0) is 68.8 Å². The molecule has 1 N–H and O–H groups in total. The van der Waals surface area contributed by atoms with Crippen molar-refractivity contribution in [1.29, 1.82) is 0 Å². The maximum absolute atomic E-state index is 8.98. The highest BCUT2D eigenvalue weighted by Crippen LogP contribution is 2.41. The molecule has 2 heteroatoms. The fourth-order valence-electron chi connectivity index (χ4n) is 3.40. The minimum atomic E-state index is -0.428. The Hall–Kier alpha value is -0.340. The molecule has 0 radical (unpaired) electrons. The van der Waals surface area contributed by atoms with Gasteiger partial charge in [0.2, 0.25) is 0 Å². The van der Waals surface area contributed by atoms with Crippen LogP contribution in [0.3, 0.4) is 0 Å². The average molecular weight is 268 g/mol. The summed E-state index contributed by atoms with van der Waals surface area (Å²) in [6.45, 7) is 15.0. The number of hydrogen-bond donors (Lipinski definition) is 1. The quantitative estimate of drug-likeness (QED) is 0.572. The number of aliphatic hydroxyl groups excluding tert-OH is 1. The molecule has 0 aromatic carbocycles. The van der Waals surface area contributed by atoms with Gasteiger partial charge in [-0.3, -0.25) is 0 Å². The predicted molar refractivity (Wildman–Crippen MR) is 80.8 cm³/mol. The first-order chi connectivity index (χ1) is 8.79. The highest BCUT2D eigenvalue weighted by molar-refractivity contribution is 5.14. The molecule has 112 valence electrons. The summed E-state index contributed by atoms with van der Waals surface area (Å²) >= 11 is 0. The first-order valence-corrected chi connectivity index (χ1v) is 7.73. The van der Waals surface area contributed by atoms with E-state index in [2.05, 4.69) is 27.4 Å². The molecule has 1 aliphatic rings. The lowest BCUT2D eigenvalue weighted by molar-refractivity contribution is -0.0837. The van der Waals surface area contributed by atoms with Gasteiger partial charge in [0.15, 0.2) is 0 Å². The van der Waals surface area contributed by atoms with Crippen molar-refractivity contribution in [3.8, 4) is 0 Å². The van der Waals surface area contributed by atoms with E-state index in [0.717, 1.165) is 23.3 Å². The summed E-state index contributed by atoms with van der Waals surface area (Å²) in [7, 11) is 0. The van der Waals surface area contributed by atoms with E-state index >= 15 is 0 Å². The summed E-state index contributed by atoms with van der Waals surface area (Å²) in [5, 5.41) is 8.98. The Bertz CT molecular complexity index is 286. The molecule has 1 aliphatic carbocycles. The molecule has 1 atom stereocenters. The van der Waals surface area contributed by atoms with Gasteiger partial charge in [0.05, 0.1) is 5.60 Å². The zero-order valence-corrected chi connectivity index (χ0v) is 13.4. The third-order valence-corrected chi connectivity index (χ3v) is 5.21. The standard InChI is InChI=1S/C17H32O2/c1-12(2)15-7-9-16(10-8-15)13(3)14(4)17(5,6)19-11-18/h12-13,15-16,18H,4,7-11H2,1-3,5-6H3. The Labute approximate surface area is 119 Å². The van der Waals surface area contributed by atoms with Crippen LogP contribution in [0.1, 0.15) is 60.3 Å². The van der Waals surface area contributed by atoms with Crippen LogP contribution in [0.4, 0.5) is 0 Å². The fraction of sp³-hybridized carbons (Fsp3) is 0.882. The third kappa shape index (κ3) is 4.32. The van der Waals surface area contributed by atoms with Crippen molar-refractivity contribution >= 4 is 0 Å². The lowest BCUT2D eigenvalue weighted by Crippen LogP contribution is -2.34. The van der Waals surface area contributed by atoms with E-state index in [1.165, 1.54) is 25.7 Å². The van der Waals surface area contributed by atoms with Gasteiger partial charge in [-0.25, -0.2) is 0 Å². The van der Waals surface area contributed by atoms with Crippen LogP contribution in [0.2, 0.25) is 0 Å². The van der Waals surface area contributed by atoms with E-state index in [4.69, 9.17) is 9.84 Å². The molecule has 2 nitrogen and oxygen atoms in total. The monoisotopic (exact) mass is 268 g/mol. The first-order valence-electron chi connectivity index (χ1n) is 7.73. The van der Waals surface area contributed by atoms with Crippen LogP contribution in [0.5, 0.6) is 0 Å². The minimum absolute atomic E-state index is 0.237. The predicted octanol–water partition coefficient (Wildman–Crippen LogP) is 4.39. The van der Waals surface area contributed by atoms with Gasteiger partial charge in [-0.1, -0.05) is 27.4 Å². The van der Waals surface area contributed by atoms with E-state index in [9.17, 15) is 0 Å². The van der Waals surface area contributed by atoms with Crippen LogP contribution in [0, 0.1) is 23.7 Å². The summed E-state index contributed by atoms with van der Waals surface area (Å²) in [6.07, 6.45) is 5.30. The maximum atomic E-state index is 8.98. The van der Waals surface area contributed by atoms with Crippen molar-refractivity contribution in [1.82, 2.24) is 0 Å². The molecule has 0 aliphatic heterocycles. The van der Waals surface area contributed by atoms with Gasteiger partial charge in [0.25, 0.3) is 0 Å². The molecular weight excluding hydrogens is 236 g/mol. The van der Waals surface area contributed by atoms with Crippen LogP contribution < -0.4 is 0 Å². The van der Waals surface area contributed by atoms with E-state index in [-0.39, 0.29) is 6.79 Å². The molecule has 1 saturated carbocycles. The summed E-state index contributed by atoms with van der Waals surface area (Å²) in [6, 6.07) is 0. The topological polar surface area (TPSA) is 29.5 Å². The van der Waals surface area contributed by atoms with Crippen molar-refractivity contribution in [3.63, 3.8) is 0 Å². The molecule has 1 unspecified atom stereocenters. The van der Waals surface area contributed by atoms with Gasteiger partial charge < -0.3 is 9.84 Å². The Morgan fingerprint density at radius 1 is 1.16 bits per heavy atom. The largest absolute Gasteiger partial charge is 0.371 e. The van der Waals surface area contributed by atoms with Crippen LogP contribution in [0.25, 0.3) is 0 Å². The van der Waals surface area contributed by atoms with E-state index < -0.39 is 5.60 Å². The zero-order valence-electron chi connectivity index (χ0n) is 13.4. The van der Waals surface area contributed by atoms with Gasteiger partial charge in [0, 0.05) is 0 Å². The molecule has 0 amide bonds. The number of rotatable bonds is 6. The molecule has 0 aromatic rings. The van der Waals surface area contributed by atoms with E-state index in [1.54, 1.807) is 0 Å². The second-order valence-electron chi connectivity index (χ2n) is 7.02. The molecule has 1 rings (SSSR count). The van der Waals surface area contributed by atoms with Crippen molar-refractivity contribution in [2.75, 3.05) is 6.79 Å². The zero-order chi connectivity index (χ0) is 14.6. The van der Waals surface area contributed by atoms with Crippen molar-refractivity contribution in [2.24, 2.45) is 23.7 Å². The van der Waals surface area contributed by atoms with Crippen molar-refractivity contribution in [3.05, 3.63) is 12.2 Å². The Balaban J connectivity index is 2.55. The molecule has 1 fully saturated rings.